The van der Waals surface area contributed by atoms with E-state index in [4.69, 9.17) is 11.6 Å². The van der Waals surface area contributed by atoms with Gasteiger partial charge in [0.15, 0.2) is 0 Å². The minimum Gasteiger partial charge on any atom is -0.350 e. The molecule has 1 atom stereocenters. The van der Waals surface area contributed by atoms with Crippen LogP contribution >= 0.6 is 11.6 Å². The zero-order valence-corrected chi connectivity index (χ0v) is 10.3. The number of non-ortho nitro benzene ring substituents is 1. The van der Waals surface area contributed by atoms with Crippen LogP contribution in [0, 0.1) is 10.1 Å². The molecule has 1 amide bonds. The van der Waals surface area contributed by atoms with Crippen LogP contribution in [0.2, 0.25) is 5.02 Å². The number of nitrogens with one attached hydrogen (secondary N) is 1. The minimum absolute atomic E-state index is 0.0144. The maximum Gasteiger partial charge on any atom is 0.271 e. The number of hydrogen-bond donors (Lipinski definition) is 1. The van der Waals surface area contributed by atoms with Crippen LogP contribution in [0.5, 0.6) is 0 Å². The van der Waals surface area contributed by atoms with Gasteiger partial charge in [0.1, 0.15) is 0 Å². The number of hydrogen-bond acceptors (Lipinski definition) is 3. The van der Waals surface area contributed by atoms with Crippen molar-refractivity contribution in [3.63, 3.8) is 0 Å². The number of nitro groups is 1. The molecule has 0 saturated heterocycles. The fourth-order valence-corrected chi connectivity index (χ4v) is 1.45. The van der Waals surface area contributed by atoms with E-state index in [0.717, 1.165) is 6.42 Å². The fourth-order valence-electron chi connectivity index (χ4n) is 1.22. The Morgan fingerprint density at radius 2 is 2.18 bits per heavy atom. The van der Waals surface area contributed by atoms with E-state index in [9.17, 15) is 14.9 Å². The second kappa shape index (κ2) is 5.63. The van der Waals surface area contributed by atoms with E-state index in [-0.39, 0.29) is 28.2 Å². The predicted octanol–water partition coefficient (Wildman–Crippen LogP) is 2.78. The lowest BCUT2D eigenvalue weighted by Crippen LogP contribution is -2.31. The van der Waals surface area contributed by atoms with Crippen LogP contribution < -0.4 is 5.32 Å². The Balaban J connectivity index is 2.97. The van der Waals surface area contributed by atoms with Crippen molar-refractivity contribution >= 4 is 23.2 Å². The standard InChI is InChI=1S/C11H13ClN2O3/c1-3-7(2)13-11(15)8-4-9(12)6-10(5-8)14(16)17/h4-7H,3H2,1-2H3,(H,13,15). The first-order valence-corrected chi connectivity index (χ1v) is 5.57. The summed E-state index contributed by atoms with van der Waals surface area (Å²) in [6.07, 6.45) is 0.786. The molecule has 0 aromatic heterocycles. The Hall–Kier alpha value is -1.62. The lowest BCUT2D eigenvalue weighted by atomic mass is 10.1. The van der Waals surface area contributed by atoms with Gasteiger partial charge in [-0.3, -0.25) is 14.9 Å². The van der Waals surface area contributed by atoms with E-state index in [1.165, 1.54) is 18.2 Å². The highest BCUT2D eigenvalue weighted by Crippen LogP contribution is 2.20. The molecule has 17 heavy (non-hydrogen) atoms. The van der Waals surface area contributed by atoms with Gasteiger partial charge < -0.3 is 5.32 Å². The molecule has 0 bridgehead atoms. The van der Waals surface area contributed by atoms with Crippen molar-refractivity contribution in [1.29, 1.82) is 0 Å². The quantitative estimate of drug-likeness (QED) is 0.665. The van der Waals surface area contributed by atoms with Crippen LogP contribution in [-0.4, -0.2) is 16.9 Å². The molecule has 1 aromatic carbocycles. The predicted molar refractivity (Wildman–Crippen MR) is 65.3 cm³/mol. The van der Waals surface area contributed by atoms with E-state index in [1.807, 2.05) is 13.8 Å². The highest BCUT2D eigenvalue weighted by molar-refractivity contribution is 6.31. The molecule has 92 valence electrons. The zero-order chi connectivity index (χ0) is 13.0. The first kappa shape index (κ1) is 13.4. The van der Waals surface area contributed by atoms with Gasteiger partial charge in [0.25, 0.3) is 11.6 Å². The van der Waals surface area contributed by atoms with Gasteiger partial charge in [-0.25, -0.2) is 0 Å². The number of nitrogens with zero attached hydrogens (tertiary/aromatic N) is 1. The van der Waals surface area contributed by atoms with Gasteiger partial charge in [-0.05, 0) is 19.4 Å². The van der Waals surface area contributed by atoms with Gasteiger partial charge in [0.05, 0.1) is 4.92 Å². The topological polar surface area (TPSA) is 72.2 Å². The van der Waals surface area contributed by atoms with Crippen molar-refractivity contribution in [1.82, 2.24) is 5.32 Å². The van der Waals surface area contributed by atoms with Gasteiger partial charge in [0, 0.05) is 28.8 Å². The highest BCUT2D eigenvalue weighted by Gasteiger charge is 2.14. The summed E-state index contributed by atoms with van der Waals surface area (Å²) in [5, 5.41) is 13.5. The van der Waals surface area contributed by atoms with Crippen molar-refractivity contribution in [3.8, 4) is 0 Å². The summed E-state index contributed by atoms with van der Waals surface area (Å²) in [4.78, 5) is 21.8. The Kier molecular flexibility index (Phi) is 4.45. The number of nitro benzene ring substituents is 1. The first-order valence-electron chi connectivity index (χ1n) is 5.20. The Labute approximate surface area is 104 Å². The van der Waals surface area contributed by atoms with Gasteiger partial charge in [-0.2, -0.15) is 0 Å². The molecule has 6 heteroatoms. The molecule has 1 unspecified atom stereocenters. The van der Waals surface area contributed by atoms with Crippen LogP contribution in [0.3, 0.4) is 0 Å². The van der Waals surface area contributed by atoms with E-state index in [1.54, 1.807) is 0 Å². The third-order valence-corrected chi connectivity index (χ3v) is 2.56. The lowest BCUT2D eigenvalue weighted by Gasteiger charge is -2.11. The molecule has 0 aliphatic heterocycles. The molecular weight excluding hydrogens is 244 g/mol. The monoisotopic (exact) mass is 256 g/mol. The van der Waals surface area contributed by atoms with Crippen molar-refractivity contribution < 1.29 is 9.72 Å². The lowest BCUT2D eigenvalue weighted by molar-refractivity contribution is -0.384. The SMILES string of the molecule is CCC(C)NC(=O)c1cc(Cl)cc([N+](=O)[O-])c1. The van der Waals surface area contributed by atoms with Crippen molar-refractivity contribution in [3.05, 3.63) is 38.9 Å². The average Bonchev–Trinajstić information content (AvgIpc) is 2.27. The molecule has 0 aliphatic rings. The average molecular weight is 257 g/mol. The zero-order valence-electron chi connectivity index (χ0n) is 9.57. The van der Waals surface area contributed by atoms with Crippen LogP contribution in [0.4, 0.5) is 5.69 Å². The Morgan fingerprint density at radius 1 is 1.53 bits per heavy atom. The molecule has 1 N–H and O–H groups in total. The van der Waals surface area contributed by atoms with E-state index >= 15 is 0 Å². The smallest absolute Gasteiger partial charge is 0.271 e. The summed E-state index contributed by atoms with van der Waals surface area (Å²) in [6, 6.07) is 3.85. The van der Waals surface area contributed by atoms with Gasteiger partial charge in [-0.1, -0.05) is 18.5 Å². The number of benzene rings is 1. The summed E-state index contributed by atoms with van der Waals surface area (Å²) in [7, 11) is 0. The molecule has 0 radical (unpaired) electrons. The van der Waals surface area contributed by atoms with E-state index < -0.39 is 4.92 Å². The summed E-state index contributed by atoms with van der Waals surface area (Å²) < 4.78 is 0. The van der Waals surface area contributed by atoms with Crippen LogP contribution in [0.25, 0.3) is 0 Å². The number of carbonyl (C=O) groups is 1. The number of carbonyl (C=O) groups excluding carboxylic acids is 1. The molecule has 0 aliphatic carbocycles. The first-order chi connectivity index (χ1) is 7.93. The number of halogens is 1. The molecule has 0 spiro atoms. The Morgan fingerprint density at radius 3 is 2.71 bits per heavy atom. The van der Waals surface area contributed by atoms with Crippen molar-refractivity contribution in [2.24, 2.45) is 0 Å². The summed E-state index contributed by atoms with van der Waals surface area (Å²) in [5.74, 6) is -0.357. The molecule has 0 heterocycles. The number of rotatable bonds is 4. The fraction of sp³-hybridized carbons (Fsp3) is 0.364. The van der Waals surface area contributed by atoms with Crippen LogP contribution in [0.1, 0.15) is 30.6 Å². The molecular formula is C11H13ClN2O3. The summed E-state index contributed by atoms with van der Waals surface area (Å²) in [5.41, 5.74) is 0.0105. The second-order valence-corrected chi connectivity index (χ2v) is 4.17. The Bertz CT molecular complexity index is 448. The maximum atomic E-state index is 11.7. The second-order valence-electron chi connectivity index (χ2n) is 3.74. The van der Waals surface area contributed by atoms with Crippen LogP contribution in [0.15, 0.2) is 18.2 Å². The molecule has 1 rings (SSSR count). The third-order valence-electron chi connectivity index (χ3n) is 2.35. The largest absolute Gasteiger partial charge is 0.350 e. The van der Waals surface area contributed by atoms with Crippen molar-refractivity contribution in [2.75, 3.05) is 0 Å². The van der Waals surface area contributed by atoms with Crippen molar-refractivity contribution in [2.45, 2.75) is 26.3 Å². The summed E-state index contributed by atoms with van der Waals surface area (Å²) >= 11 is 5.72. The van der Waals surface area contributed by atoms with Gasteiger partial charge in [0.2, 0.25) is 0 Å². The molecule has 1 aromatic rings. The maximum absolute atomic E-state index is 11.7. The normalized spacial score (nSPS) is 11.9. The van der Waals surface area contributed by atoms with Gasteiger partial charge >= 0.3 is 0 Å². The highest BCUT2D eigenvalue weighted by atomic mass is 35.5. The molecule has 0 saturated carbocycles. The molecule has 5 nitrogen and oxygen atoms in total. The summed E-state index contributed by atoms with van der Waals surface area (Å²) in [6.45, 7) is 3.79. The molecule has 0 fully saturated rings. The van der Waals surface area contributed by atoms with Crippen LogP contribution in [-0.2, 0) is 0 Å². The minimum atomic E-state index is -0.577. The third kappa shape index (κ3) is 3.71. The van der Waals surface area contributed by atoms with E-state index in [0.29, 0.717) is 0 Å². The number of amides is 1. The van der Waals surface area contributed by atoms with Gasteiger partial charge in [-0.15, -0.1) is 0 Å². The van der Waals surface area contributed by atoms with E-state index in [2.05, 4.69) is 5.32 Å².